The lowest BCUT2D eigenvalue weighted by Crippen LogP contribution is -2.49. The van der Waals surface area contributed by atoms with E-state index in [4.69, 9.17) is 0 Å². The molecule has 0 aromatic heterocycles. The predicted octanol–water partition coefficient (Wildman–Crippen LogP) is 1.86. The van der Waals surface area contributed by atoms with E-state index < -0.39 is 12.1 Å². The van der Waals surface area contributed by atoms with Crippen LogP contribution in [0, 0.1) is 5.82 Å². The number of carbonyl (C=O) groups excluding carboxylic acids is 2. The first-order chi connectivity index (χ1) is 11.5. The lowest BCUT2D eigenvalue weighted by Gasteiger charge is -2.31. The molecule has 1 aromatic carbocycles. The van der Waals surface area contributed by atoms with E-state index in [1.807, 2.05) is 0 Å². The number of amides is 2. The maximum atomic E-state index is 13.0. The number of likely N-dealkylation sites (tertiary alicyclic amines) is 1. The van der Waals surface area contributed by atoms with Gasteiger partial charge in [-0.15, -0.1) is 0 Å². The van der Waals surface area contributed by atoms with Gasteiger partial charge in [0.15, 0.2) is 0 Å². The van der Waals surface area contributed by atoms with Crippen molar-refractivity contribution in [3.63, 3.8) is 0 Å². The zero-order valence-corrected chi connectivity index (χ0v) is 13.8. The van der Waals surface area contributed by atoms with Gasteiger partial charge in [0.05, 0.1) is 12.6 Å². The molecule has 0 bridgehead atoms. The van der Waals surface area contributed by atoms with Crippen LogP contribution in [0.2, 0.25) is 0 Å². The number of hydrogen-bond acceptors (Lipinski definition) is 3. The van der Waals surface area contributed by atoms with E-state index in [9.17, 15) is 19.1 Å². The number of rotatable bonds is 5. The Morgan fingerprint density at radius 2 is 1.96 bits per heavy atom. The molecule has 1 saturated carbocycles. The second-order valence-corrected chi connectivity index (χ2v) is 6.66. The molecule has 130 valence electrons. The molecule has 2 aliphatic rings. The average molecular weight is 334 g/mol. The number of hydrogen-bond donors (Lipinski definition) is 1. The Morgan fingerprint density at radius 1 is 1.29 bits per heavy atom. The largest absolute Gasteiger partial charge is 0.387 e. The minimum atomic E-state index is -0.859. The van der Waals surface area contributed by atoms with E-state index in [2.05, 4.69) is 0 Å². The molecule has 2 atom stereocenters. The van der Waals surface area contributed by atoms with Gasteiger partial charge in [-0.3, -0.25) is 9.59 Å². The molecule has 1 aliphatic heterocycles. The lowest BCUT2D eigenvalue weighted by atomic mass is 10.1. The number of carbonyl (C=O) groups is 2. The first kappa shape index (κ1) is 16.9. The lowest BCUT2D eigenvalue weighted by molar-refractivity contribution is -0.144. The molecular weight excluding hydrogens is 311 g/mol. The normalized spacial score (nSPS) is 21.6. The molecule has 0 radical (unpaired) electrons. The molecule has 2 unspecified atom stereocenters. The molecular formula is C18H23FN2O3. The van der Waals surface area contributed by atoms with Crippen molar-refractivity contribution in [2.45, 2.75) is 50.8 Å². The van der Waals surface area contributed by atoms with Crippen molar-refractivity contribution < 1.29 is 19.1 Å². The molecule has 1 N–H and O–H groups in total. The number of nitrogens with zero attached hydrogens (tertiary/aromatic N) is 2. The SMILES string of the molecule is CC(=O)N1CCCC1C(=O)N(CC(O)c1ccc(F)cc1)C1CC1. The highest BCUT2D eigenvalue weighted by molar-refractivity contribution is 5.88. The van der Waals surface area contributed by atoms with Crippen LogP contribution in [0.25, 0.3) is 0 Å². The fourth-order valence-electron chi connectivity index (χ4n) is 3.37. The van der Waals surface area contributed by atoms with Gasteiger partial charge in [-0.05, 0) is 43.4 Å². The smallest absolute Gasteiger partial charge is 0.245 e. The molecule has 2 amide bonds. The summed E-state index contributed by atoms with van der Waals surface area (Å²) in [6.45, 7) is 2.28. The minimum absolute atomic E-state index is 0.0774. The van der Waals surface area contributed by atoms with E-state index in [1.54, 1.807) is 9.80 Å². The third-order valence-electron chi connectivity index (χ3n) is 4.84. The van der Waals surface area contributed by atoms with Crippen LogP contribution in [0.4, 0.5) is 4.39 Å². The highest BCUT2D eigenvalue weighted by atomic mass is 19.1. The summed E-state index contributed by atoms with van der Waals surface area (Å²) in [5, 5.41) is 10.4. The van der Waals surface area contributed by atoms with Crippen LogP contribution < -0.4 is 0 Å². The summed E-state index contributed by atoms with van der Waals surface area (Å²) in [5.41, 5.74) is 0.588. The van der Waals surface area contributed by atoms with Gasteiger partial charge in [0.1, 0.15) is 11.9 Å². The number of halogens is 1. The van der Waals surface area contributed by atoms with E-state index in [0.717, 1.165) is 19.3 Å². The maximum Gasteiger partial charge on any atom is 0.245 e. The van der Waals surface area contributed by atoms with Crippen LogP contribution in [0.3, 0.4) is 0 Å². The Hall–Kier alpha value is -1.95. The van der Waals surface area contributed by atoms with E-state index in [1.165, 1.54) is 31.2 Å². The van der Waals surface area contributed by atoms with E-state index in [0.29, 0.717) is 18.5 Å². The summed E-state index contributed by atoms with van der Waals surface area (Å²) in [6, 6.07) is 5.40. The van der Waals surface area contributed by atoms with Gasteiger partial charge in [-0.2, -0.15) is 0 Å². The van der Waals surface area contributed by atoms with Crippen molar-refractivity contribution in [2.75, 3.05) is 13.1 Å². The second kappa shape index (κ2) is 6.89. The van der Waals surface area contributed by atoms with Crippen LogP contribution >= 0.6 is 0 Å². The first-order valence-electron chi connectivity index (χ1n) is 8.48. The Kier molecular flexibility index (Phi) is 4.85. The van der Waals surface area contributed by atoms with Gasteiger partial charge in [0, 0.05) is 19.5 Å². The molecule has 1 heterocycles. The van der Waals surface area contributed by atoms with Gasteiger partial charge >= 0.3 is 0 Å². The fraction of sp³-hybridized carbons (Fsp3) is 0.556. The molecule has 2 fully saturated rings. The van der Waals surface area contributed by atoms with Gasteiger partial charge in [0.2, 0.25) is 11.8 Å². The quantitative estimate of drug-likeness (QED) is 0.894. The topological polar surface area (TPSA) is 60.9 Å². The van der Waals surface area contributed by atoms with Gasteiger partial charge in [-0.25, -0.2) is 4.39 Å². The van der Waals surface area contributed by atoms with Crippen molar-refractivity contribution in [3.05, 3.63) is 35.6 Å². The summed E-state index contributed by atoms with van der Waals surface area (Å²) in [7, 11) is 0. The van der Waals surface area contributed by atoms with Crippen LogP contribution in [0.1, 0.15) is 44.3 Å². The molecule has 5 nitrogen and oxygen atoms in total. The highest BCUT2D eigenvalue weighted by Gasteiger charge is 2.41. The molecule has 3 rings (SSSR count). The molecule has 1 aromatic rings. The molecule has 0 spiro atoms. The minimum Gasteiger partial charge on any atom is -0.387 e. The number of benzene rings is 1. The zero-order valence-electron chi connectivity index (χ0n) is 13.8. The van der Waals surface area contributed by atoms with E-state index >= 15 is 0 Å². The molecule has 1 aliphatic carbocycles. The van der Waals surface area contributed by atoms with Crippen molar-refractivity contribution >= 4 is 11.8 Å². The molecule has 6 heteroatoms. The van der Waals surface area contributed by atoms with Gasteiger partial charge in [0.25, 0.3) is 0 Å². The van der Waals surface area contributed by atoms with Crippen molar-refractivity contribution in [1.29, 1.82) is 0 Å². The maximum absolute atomic E-state index is 13.0. The molecule has 1 saturated heterocycles. The Balaban J connectivity index is 1.71. The van der Waals surface area contributed by atoms with Crippen LogP contribution in [-0.2, 0) is 9.59 Å². The van der Waals surface area contributed by atoms with Crippen LogP contribution in [0.5, 0.6) is 0 Å². The summed E-state index contributed by atoms with van der Waals surface area (Å²) in [5.74, 6) is -0.517. The van der Waals surface area contributed by atoms with Crippen molar-refractivity contribution in [1.82, 2.24) is 9.80 Å². The Labute approximate surface area is 141 Å². The predicted molar refractivity (Wildman–Crippen MR) is 86.5 cm³/mol. The van der Waals surface area contributed by atoms with Crippen molar-refractivity contribution in [3.8, 4) is 0 Å². The van der Waals surface area contributed by atoms with Gasteiger partial charge in [-0.1, -0.05) is 12.1 Å². The van der Waals surface area contributed by atoms with Crippen LogP contribution in [0.15, 0.2) is 24.3 Å². The summed E-state index contributed by atoms with van der Waals surface area (Å²) >= 11 is 0. The fourth-order valence-corrected chi connectivity index (χ4v) is 3.37. The monoisotopic (exact) mass is 334 g/mol. The standard InChI is InChI=1S/C18H23FN2O3/c1-12(22)20-10-2-3-16(20)18(24)21(15-8-9-15)11-17(23)13-4-6-14(19)7-5-13/h4-7,15-17,23H,2-3,8-11H2,1H3. The zero-order chi connectivity index (χ0) is 17.3. The number of aliphatic hydroxyl groups excluding tert-OH is 1. The summed E-state index contributed by atoms with van der Waals surface area (Å²) < 4.78 is 13.0. The molecule has 24 heavy (non-hydrogen) atoms. The van der Waals surface area contributed by atoms with Crippen molar-refractivity contribution in [2.24, 2.45) is 0 Å². The Morgan fingerprint density at radius 3 is 2.54 bits per heavy atom. The highest BCUT2D eigenvalue weighted by Crippen LogP contribution is 2.31. The second-order valence-electron chi connectivity index (χ2n) is 6.66. The third kappa shape index (κ3) is 3.59. The average Bonchev–Trinajstić information content (AvgIpc) is 3.27. The van der Waals surface area contributed by atoms with Crippen LogP contribution in [-0.4, -0.2) is 51.9 Å². The summed E-state index contributed by atoms with van der Waals surface area (Å²) in [4.78, 5) is 28.0. The number of aliphatic hydroxyl groups is 1. The van der Waals surface area contributed by atoms with E-state index in [-0.39, 0.29) is 30.2 Å². The first-order valence-corrected chi connectivity index (χ1v) is 8.48. The Bertz CT molecular complexity index is 615. The van der Waals surface area contributed by atoms with Gasteiger partial charge < -0.3 is 14.9 Å². The summed E-state index contributed by atoms with van der Waals surface area (Å²) in [6.07, 6.45) is 2.49. The third-order valence-corrected chi connectivity index (χ3v) is 4.84.